The van der Waals surface area contributed by atoms with E-state index in [-0.39, 0.29) is 17.6 Å². The summed E-state index contributed by atoms with van der Waals surface area (Å²) in [6, 6.07) is 10.8. The van der Waals surface area contributed by atoms with Crippen molar-refractivity contribution in [3.05, 3.63) is 53.3 Å². The zero-order valence-corrected chi connectivity index (χ0v) is 24.8. The maximum Gasteiger partial charge on any atom is 0.273 e. The second kappa shape index (κ2) is 11.8. The number of aryl methyl sites for hydroxylation is 3. The lowest BCUT2D eigenvalue weighted by atomic mass is 10.1. The molecule has 0 aliphatic carbocycles. The number of carbonyl (C=O) groups is 1. The third-order valence-electron chi connectivity index (χ3n) is 6.36. The van der Waals surface area contributed by atoms with Gasteiger partial charge in [0.25, 0.3) is 11.8 Å². The van der Waals surface area contributed by atoms with Crippen LogP contribution < -0.4 is 30.6 Å². The van der Waals surface area contributed by atoms with Gasteiger partial charge in [-0.2, -0.15) is 10.1 Å². The topological polar surface area (TPSA) is 164 Å². The van der Waals surface area contributed by atoms with Gasteiger partial charge in [-0.3, -0.25) is 9.48 Å². The molecule has 5 aromatic rings. The van der Waals surface area contributed by atoms with Gasteiger partial charge < -0.3 is 35.1 Å². The molecule has 0 unspecified atom stereocenters. The Morgan fingerprint density at radius 2 is 1.76 bits per heavy atom. The van der Waals surface area contributed by atoms with Gasteiger partial charge >= 0.3 is 0 Å². The molecule has 14 heteroatoms. The van der Waals surface area contributed by atoms with Crippen molar-refractivity contribution in [1.29, 1.82) is 0 Å². The van der Waals surface area contributed by atoms with E-state index in [1.807, 2.05) is 32.9 Å². The Kier molecular flexibility index (Phi) is 7.97. The van der Waals surface area contributed by atoms with Crippen molar-refractivity contribution in [1.82, 2.24) is 24.9 Å². The number of ether oxygens (including phenoxy) is 3. The number of nitrogens with zero attached hydrogens (tertiary/aromatic N) is 5. The van der Waals surface area contributed by atoms with E-state index in [0.717, 1.165) is 11.3 Å². The number of amides is 1. The fraction of sp³-hybridized carbons (Fsp3) is 0.250. The van der Waals surface area contributed by atoms with Gasteiger partial charge in [-0.1, -0.05) is 22.6 Å². The molecule has 0 atom stereocenters. The minimum atomic E-state index is -0.259. The van der Waals surface area contributed by atoms with Gasteiger partial charge in [0.1, 0.15) is 16.4 Å². The molecule has 13 nitrogen and oxygen atoms in total. The molecule has 2 aromatic carbocycles. The summed E-state index contributed by atoms with van der Waals surface area (Å²) in [6.07, 6.45) is 0. The van der Waals surface area contributed by atoms with Crippen LogP contribution in [0.25, 0.3) is 22.2 Å². The molecule has 0 aliphatic rings. The zero-order chi connectivity index (χ0) is 30.0. The zero-order valence-electron chi connectivity index (χ0n) is 23.9. The van der Waals surface area contributed by atoms with Gasteiger partial charge in [0.2, 0.25) is 11.6 Å². The number of benzene rings is 2. The second-order valence-corrected chi connectivity index (χ2v) is 10.2. The molecule has 4 N–H and O–H groups in total. The molecule has 1 amide bonds. The third kappa shape index (κ3) is 5.56. The average Bonchev–Trinajstić information content (AvgIpc) is 3.71. The predicted octanol–water partition coefficient (Wildman–Crippen LogP) is 5.30. The van der Waals surface area contributed by atoms with Gasteiger partial charge in [0.15, 0.2) is 16.6 Å². The van der Waals surface area contributed by atoms with Crippen LogP contribution in [-0.2, 0) is 6.54 Å². The van der Waals surface area contributed by atoms with Crippen LogP contribution in [0.5, 0.6) is 17.2 Å². The summed E-state index contributed by atoms with van der Waals surface area (Å²) >= 11 is 1.25. The van der Waals surface area contributed by atoms with E-state index in [0.29, 0.717) is 62.3 Å². The van der Waals surface area contributed by atoms with Crippen LogP contribution in [-0.4, -0.2) is 52.1 Å². The lowest BCUT2D eigenvalue weighted by Gasteiger charge is -2.14. The van der Waals surface area contributed by atoms with E-state index in [9.17, 15) is 4.79 Å². The molecule has 0 saturated heterocycles. The molecule has 42 heavy (non-hydrogen) atoms. The second-order valence-electron chi connectivity index (χ2n) is 9.17. The number of hydrogen-bond acceptors (Lipinski definition) is 12. The van der Waals surface area contributed by atoms with Crippen LogP contribution in [0.3, 0.4) is 0 Å². The number of nitrogen functional groups attached to an aromatic ring is 1. The SMILES string of the molecule is CCn1nc(C)cc1C(=O)Nc1ccc(C)c(-c2noc(-c3sc(Nc4cc(OC)c(OC)c(OC)c4)nc3N)n2)c1. The van der Waals surface area contributed by atoms with Crippen LogP contribution in [0.2, 0.25) is 0 Å². The molecule has 0 aliphatic heterocycles. The third-order valence-corrected chi connectivity index (χ3v) is 7.33. The highest BCUT2D eigenvalue weighted by molar-refractivity contribution is 7.19. The van der Waals surface area contributed by atoms with Crippen LogP contribution >= 0.6 is 11.3 Å². The first kappa shape index (κ1) is 28.4. The highest BCUT2D eigenvalue weighted by Gasteiger charge is 2.21. The highest BCUT2D eigenvalue weighted by Crippen LogP contribution is 2.42. The average molecular weight is 591 g/mol. The van der Waals surface area contributed by atoms with Crippen LogP contribution in [0.15, 0.2) is 40.9 Å². The standard InChI is InChI=1S/C28H30N8O5S/c1-7-36-19(10-15(3)34-36)26(37)30-16-9-8-14(2)18(11-16)25-33-27(41-35-25)23-24(29)32-28(42-23)31-17-12-20(38-4)22(40-6)21(13-17)39-5/h8-13H,7,29H2,1-6H3,(H,30,37)(H,31,32). The Hall–Kier alpha value is -5.11. The van der Waals surface area contributed by atoms with E-state index in [4.69, 9.17) is 24.5 Å². The van der Waals surface area contributed by atoms with Crippen molar-refractivity contribution in [2.24, 2.45) is 0 Å². The highest BCUT2D eigenvalue weighted by atomic mass is 32.1. The lowest BCUT2D eigenvalue weighted by molar-refractivity contribution is 0.101. The van der Waals surface area contributed by atoms with Crippen LogP contribution in [0, 0.1) is 13.8 Å². The van der Waals surface area contributed by atoms with Gasteiger partial charge in [-0.15, -0.1) is 0 Å². The summed E-state index contributed by atoms with van der Waals surface area (Å²) in [5.74, 6) is 1.99. The monoisotopic (exact) mass is 590 g/mol. The Labute approximate surface area is 245 Å². The van der Waals surface area contributed by atoms with E-state index < -0.39 is 0 Å². The number of carbonyl (C=O) groups excluding carboxylic acids is 1. The number of rotatable bonds is 10. The van der Waals surface area contributed by atoms with Gasteiger partial charge in [-0.25, -0.2) is 4.98 Å². The number of nitrogens with two attached hydrogens (primary N) is 1. The Bertz CT molecular complexity index is 1730. The molecule has 5 rings (SSSR count). The maximum atomic E-state index is 12.9. The number of nitrogens with one attached hydrogen (secondary N) is 2. The first-order valence-corrected chi connectivity index (χ1v) is 13.7. The molecule has 0 saturated carbocycles. The molecule has 0 fully saturated rings. The van der Waals surface area contributed by atoms with E-state index in [1.165, 1.54) is 18.4 Å². The number of anilines is 4. The summed E-state index contributed by atoms with van der Waals surface area (Å²) in [7, 11) is 4.63. The Morgan fingerprint density at radius 3 is 2.43 bits per heavy atom. The van der Waals surface area contributed by atoms with Crippen molar-refractivity contribution in [3.8, 4) is 39.4 Å². The first-order valence-electron chi connectivity index (χ1n) is 12.9. The quantitative estimate of drug-likeness (QED) is 0.193. The van der Waals surface area contributed by atoms with Gasteiger partial charge in [0, 0.05) is 35.6 Å². The number of hydrogen-bond donors (Lipinski definition) is 3. The lowest BCUT2D eigenvalue weighted by Crippen LogP contribution is -2.17. The minimum Gasteiger partial charge on any atom is -0.493 e. The summed E-state index contributed by atoms with van der Waals surface area (Å²) in [5, 5.41) is 15.2. The van der Waals surface area contributed by atoms with E-state index in [2.05, 4.69) is 30.9 Å². The largest absolute Gasteiger partial charge is 0.493 e. The summed E-state index contributed by atoms with van der Waals surface area (Å²) in [5.41, 5.74) is 10.3. The Morgan fingerprint density at radius 1 is 1.02 bits per heavy atom. The van der Waals surface area contributed by atoms with E-state index >= 15 is 0 Å². The van der Waals surface area contributed by atoms with Crippen molar-refractivity contribution >= 4 is 39.6 Å². The van der Waals surface area contributed by atoms with Crippen molar-refractivity contribution in [2.45, 2.75) is 27.3 Å². The summed E-state index contributed by atoms with van der Waals surface area (Å²) < 4.78 is 23.5. The smallest absolute Gasteiger partial charge is 0.273 e. The summed E-state index contributed by atoms with van der Waals surface area (Å²) in [6.45, 7) is 6.29. The molecule has 0 spiro atoms. The van der Waals surface area contributed by atoms with Crippen LogP contribution in [0.4, 0.5) is 22.3 Å². The molecule has 0 bridgehead atoms. The van der Waals surface area contributed by atoms with Crippen LogP contribution in [0.1, 0.15) is 28.7 Å². The summed E-state index contributed by atoms with van der Waals surface area (Å²) in [4.78, 5) is 22.4. The number of aromatic nitrogens is 5. The number of thiazole rings is 1. The van der Waals surface area contributed by atoms with Gasteiger partial charge in [0.05, 0.1) is 27.0 Å². The van der Waals surface area contributed by atoms with Gasteiger partial charge in [-0.05, 0) is 44.5 Å². The molecule has 3 aromatic heterocycles. The first-order chi connectivity index (χ1) is 20.2. The molecular formula is C28H30N8O5S. The minimum absolute atomic E-state index is 0.217. The molecule has 218 valence electrons. The molecule has 0 radical (unpaired) electrons. The van der Waals surface area contributed by atoms with Crippen molar-refractivity contribution < 1.29 is 23.5 Å². The molecular weight excluding hydrogens is 560 g/mol. The predicted molar refractivity (Wildman–Crippen MR) is 160 cm³/mol. The Balaban J connectivity index is 1.38. The fourth-order valence-electron chi connectivity index (χ4n) is 4.35. The number of methoxy groups -OCH3 is 3. The van der Waals surface area contributed by atoms with E-state index in [1.54, 1.807) is 43.2 Å². The molecule has 3 heterocycles. The maximum absolute atomic E-state index is 12.9. The van der Waals surface area contributed by atoms with Crippen molar-refractivity contribution in [3.63, 3.8) is 0 Å². The normalized spacial score (nSPS) is 10.9. The fourth-order valence-corrected chi connectivity index (χ4v) is 5.17. The van der Waals surface area contributed by atoms with Crippen molar-refractivity contribution in [2.75, 3.05) is 37.7 Å².